The van der Waals surface area contributed by atoms with Crippen molar-refractivity contribution >= 4 is 33.5 Å². The maximum atomic E-state index is 4.41. The molecule has 1 unspecified atom stereocenters. The third-order valence-electron chi connectivity index (χ3n) is 2.28. The number of hydrogen-bond acceptors (Lipinski definition) is 3. The van der Waals surface area contributed by atoms with Crippen LogP contribution in [0.25, 0.3) is 0 Å². The molecular formula is C10H13BrN2S. The van der Waals surface area contributed by atoms with Crippen molar-refractivity contribution in [3.63, 3.8) is 0 Å². The van der Waals surface area contributed by atoms with Gasteiger partial charge >= 0.3 is 0 Å². The van der Waals surface area contributed by atoms with Crippen LogP contribution in [0.4, 0.5) is 5.82 Å². The third kappa shape index (κ3) is 2.42. The second-order valence-corrected chi connectivity index (χ2v) is 5.92. The lowest BCUT2D eigenvalue weighted by Crippen LogP contribution is -2.37. The number of halogens is 1. The first-order valence-electron chi connectivity index (χ1n) is 4.74. The highest BCUT2D eigenvalue weighted by atomic mass is 79.9. The van der Waals surface area contributed by atoms with E-state index in [1.54, 1.807) is 0 Å². The molecule has 1 aliphatic rings. The van der Waals surface area contributed by atoms with E-state index in [0.29, 0.717) is 5.25 Å². The second kappa shape index (κ2) is 4.53. The smallest absolute Gasteiger partial charge is 0.128 e. The van der Waals surface area contributed by atoms with Crippen LogP contribution >= 0.6 is 27.7 Å². The van der Waals surface area contributed by atoms with Crippen LogP contribution in [-0.2, 0) is 0 Å². The van der Waals surface area contributed by atoms with Gasteiger partial charge in [-0.15, -0.1) is 0 Å². The topological polar surface area (TPSA) is 16.1 Å². The third-order valence-corrected chi connectivity index (χ3v) is 3.88. The van der Waals surface area contributed by atoms with Gasteiger partial charge in [-0.05, 0) is 28.1 Å². The zero-order chi connectivity index (χ0) is 9.97. The highest BCUT2D eigenvalue weighted by molar-refractivity contribution is 9.10. The number of pyridine rings is 1. The Morgan fingerprint density at radius 3 is 3.07 bits per heavy atom. The molecule has 0 saturated carbocycles. The first-order valence-corrected chi connectivity index (χ1v) is 6.58. The number of thioether (sulfide) groups is 1. The van der Waals surface area contributed by atoms with Gasteiger partial charge in [0.15, 0.2) is 0 Å². The SMILES string of the molecule is CC1CN(c2ccc(Br)cn2)CCS1. The summed E-state index contributed by atoms with van der Waals surface area (Å²) in [5.41, 5.74) is 0. The van der Waals surface area contributed by atoms with E-state index in [-0.39, 0.29) is 0 Å². The Balaban J connectivity index is 2.10. The van der Waals surface area contributed by atoms with Gasteiger partial charge in [0, 0.05) is 34.8 Å². The van der Waals surface area contributed by atoms with Crippen molar-refractivity contribution in [2.75, 3.05) is 23.7 Å². The molecule has 2 heterocycles. The molecule has 0 spiro atoms. The van der Waals surface area contributed by atoms with E-state index in [0.717, 1.165) is 23.4 Å². The highest BCUT2D eigenvalue weighted by Crippen LogP contribution is 2.22. The zero-order valence-corrected chi connectivity index (χ0v) is 10.5. The van der Waals surface area contributed by atoms with Crippen molar-refractivity contribution in [3.8, 4) is 0 Å². The molecule has 1 fully saturated rings. The van der Waals surface area contributed by atoms with Gasteiger partial charge in [-0.25, -0.2) is 4.98 Å². The molecule has 1 aromatic heterocycles. The Morgan fingerprint density at radius 2 is 2.43 bits per heavy atom. The van der Waals surface area contributed by atoms with E-state index in [1.165, 1.54) is 5.75 Å². The van der Waals surface area contributed by atoms with Crippen LogP contribution in [0.15, 0.2) is 22.8 Å². The average Bonchev–Trinajstić information content (AvgIpc) is 2.19. The minimum atomic E-state index is 0.717. The Kier molecular flexibility index (Phi) is 3.34. The molecule has 0 bridgehead atoms. The molecule has 0 N–H and O–H groups in total. The van der Waals surface area contributed by atoms with E-state index < -0.39 is 0 Å². The van der Waals surface area contributed by atoms with E-state index in [4.69, 9.17) is 0 Å². The molecule has 2 nitrogen and oxygen atoms in total. The van der Waals surface area contributed by atoms with E-state index in [1.807, 2.05) is 18.0 Å². The van der Waals surface area contributed by atoms with E-state index in [2.05, 4.69) is 44.9 Å². The standard InChI is InChI=1S/C10H13BrN2S/c1-8-7-13(4-5-14-8)10-3-2-9(11)6-12-10/h2-3,6,8H,4-5,7H2,1H3. The molecule has 4 heteroatoms. The van der Waals surface area contributed by atoms with Crippen molar-refractivity contribution in [3.05, 3.63) is 22.8 Å². The maximum absolute atomic E-state index is 4.41. The lowest BCUT2D eigenvalue weighted by atomic mass is 10.3. The van der Waals surface area contributed by atoms with Crippen LogP contribution in [0.2, 0.25) is 0 Å². The van der Waals surface area contributed by atoms with Gasteiger partial charge in [-0.2, -0.15) is 11.8 Å². The Hall–Kier alpha value is -0.220. The molecule has 14 heavy (non-hydrogen) atoms. The monoisotopic (exact) mass is 272 g/mol. The number of rotatable bonds is 1. The van der Waals surface area contributed by atoms with Crippen molar-refractivity contribution in [2.45, 2.75) is 12.2 Å². The molecule has 1 aliphatic heterocycles. The lowest BCUT2D eigenvalue weighted by Gasteiger charge is -2.31. The van der Waals surface area contributed by atoms with Crippen LogP contribution in [0, 0.1) is 0 Å². The summed E-state index contributed by atoms with van der Waals surface area (Å²) in [7, 11) is 0. The van der Waals surface area contributed by atoms with Crippen LogP contribution in [0.3, 0.4) is 0 Å². The molecule has 1 aromatic rings. The van der Waals surface area contributed by atoms with Crippen LogP contribution in [0.5, 0.6) is 0 Å². The summed E-state index contributed by atoms with van der Waals surface area (Å²) in [5.74, 6) is 2.30. The quantitative estimate of drug-likeness (QED) is 0.782. The molecular weight excluding hydrogens is 260 g/mol. The summed E-state index contributed by atoms with van der Waals surface area (Å²) in [4.78, 5) is 6.76. The number of aromatic nitrogens is 1. The van der Waals surface area contributed by atoms with E-state index in [9.17, 15) is 0 Å². The van der Waals surface area contributed by atoms with Crippen LogP contribution < -0.4 is 4.90 Å². The molecule has 1 saturated heterocycles. The molecule has 1 atom stereocenters. The highest BCUT2D eigenvalue weighted by Gasteiger charge is 2.17. The number of anilines is 1. The minimum absolute atomic E-state index is 0.717. The van der Waals surface area contributed by atoms with E-state index >= 15 is 0 Å². The summed E-state index contributed by atoms with van der Waals surface area (Å²) in [6.45, 7) is 4.50. The minimum Gasteiger partial charge on any atom is -0.355 e. The predicted octanol–water partition coefficient (Wildman–Crippen LogP) is 2.79. The normalized spacial score (nSPS) is 22.4. The number of nitrogens with zero attached hydrogens (tertiary/aromatic N) is 2. The first kappa shape index (κ1) is 10.3. The molecule has 0 radical (unpaired) electrons. The largest absolute Gasteiger partial charge is 0.355 e. The van der Waals surface area contributed by atoms with Crippen molar-refractivity contribution in [2.24, 2.45) is 0 Å². The summed E-state index contributed by atoms with van der Waals surface area (Å²) in [5, 5.41) is 0.717. The fourth-order valence-electron chi connectivity index (χ4n) is 1.58. The molecule has 0 amide bonds. The Morgan fingerprint density at radius 1 is 1.57 bits per heavy atom. The van der Waals surface area contributed by atoms with Gasteiger partial charge in [0.2, 0.25) is 0 Å². The summed E-state index contributed by atoms with van der Waals surface area (Å²) >= 11 is 5.44. The van der Waals surface area contributed by atoms with Gasteiger partial charge in [-0.3, -0.25) is 0 Å². The van der Waals surface area contributed by atoms with Gasteiger partial charge in [-0.1, -0.05) is 6.92 Å². The van der Waals surface area contributed by atoms with Crippen molar-refractivity contribution in [1.29, 1.82) is 0 Å². The molecule has 76 valence electrons. The summed E-state index contributed by atoms with van der Waals surface area (Å²) < 4.78 is 1.04. The van der Waals surface area contributed by atoms with Crippen molar-refractivity contribution < 1.29 is 0 Å². The Labute approximate surface area is 97.2 Å². The molecule has 2 rings (SSSR count). The van der Waals surface area contributed by atoms with Crippen LogP contribution in [-0.4, -0.2) is 29.1 Å². The molecule has 0 aliphatic carbocycles. The zero-order valence-electron chi connectivity index (χ0n) is 8.11. The second-order valence-electron chi connectivity index (χ2n) is 3.46. The molecule has 0 aromatic carbocycles. The average molecular weight is 273 g/mol. The van der Waals surface area contributed by atoms with Crippen LogP contribution in [0.1, 0.15) is 6.92 Å². The van der Waals surface area contributed by atoms with Gasteiger partial charge in [0.25, 0.3) is 0 Å². The fourth-order valence-corrected chi connectivity index (χ4v) is 2.83. The maximum Gasteiger partial charge on any atom is 0.128 e. The summed E-state index contributed by atoms with van der Waals surface area (Å²) in [6.07, 6.45) is 1.86. The van der Waals surface area contributed by atoms with Gasteiger partial charge < -0.3 is 4.90 Å². The Bertz CT molecular complexity index is 301. The number of hydrogen-bond donors (Lipinski definition) is 0. The predicted molar refractivity (Wildman–Crippen MR) is 66.1 cm³/mol. The summed E-state index contributed by atoms with van der Waals surface area (Å²) in [6, 6.07) is 4.13. The van der Waals surface area contributed by atoms with Crippen molar-refractivity contribution in [1.82, 2.24) is 4.98 Å². The lowest BCUT2D eigenvalue weighted by molar-refractivity contribution is 0.770. The first-order chi connectivity index (χ1) is 6.75. The van der Waals surface area contributed by atoms with Gasteiger partial charge in [0.05, 0.1) is 0 Å². The fraction of sp³-hybridized carbons (Fsp3) is 0.500. The van der Waals surface area contributed by atoms with Gasteiger partial charge in [0.1, 0.15) is 5.82 Å².